The van der Waals surface area contributed by atoms with Gasteiger partial charge in [0.1, 0.15) is 11.4 Å². The number of aryl methyl sites for hydroxylation is 1. The first kappa shape index (κ1) is 13.6. The molecule has 0 bridgehead atoms. The molecule has 1 atom stereocenters. The van der Waals surface area contributed by atoms with Crippen LogP contribution in [0.1, 0.15) is 24.4 Å². The number of methoxy groups -OCH3 is 1. The summed E-state index contributed by atoms with van der Waals surface area (Å²) in [5.41, 5.74) is 4.48. The summed E-state index contributed by atoms with van der Waals surface area (Å²) in [5.74, 6) is 0.803. The van der Waals surface area contributed by atoms with E-state index in [9.17, 15) is 5.11 Å². The van der Waals surface area contributed by atoms with E-state index in [0.717, 1.165) is 34.0 Å². The van der Waals surface area contributed by atoms with E-state index >= 15 is 0 Å². The van der Waals surface area contributed by atoms with E-state index in [1.165, 1.54) is 0 Å². The SMILES string of the molecule is COc1ccc(-c2nc3cccc(C)n3c2C(C)O)cc1. The lowest BCUT2D eigenvalue weighted by atomic mass is 10.1. The number of hydrogen-bond acceptors (Lipinski definition) is 3. The lowest BCUT2D eigenvalue weighted by Crippen LogP contribution is -2.02. The number of nitrogens with zero attached hydrogens (tertiary/aromatic N) is 2. The number of aliphatic hydroxyl groups is 1. The highest BCUT2D eigenvalue weighted by Gasteiger charge is 2.18. The van der Waals surface area contributed by atoms with Gasteiger partial charge < -0.3 is 9.84 Å². The third-order valence-electron chi connectivity index (χ3n) is 3.63. The van der Waals surface area contributed by atoms with Crippen LogP contribution < -0.4 is 4.74 Å². The van der Waals surface area contributed by atoms with Crippen molar-refractivity contribution in [3.05, 3.63) is 53.9 Å². The largest absolute Gasteiger partial charge is 0.497 e. The Labute approximate surface area is 123 Å². The fraction of sp³-hybridized carbons (Fsp3) is 0.235. The summed E-state index contributed by atoms with van der Waals surface area (Å²) in [6.07, 6.45) is -0.599. The van der Waals surface area contributed by atoms with Gasteiger partial charge in [-0.25, -0.2) is 4.98 Å². The summed E-state index contributed by atoms with van der Waals surface area (Å²) in [6, 6.07) is 13.7. The first-order valence-electron chi connectivity index (χ1n) is 6.92. The molecule has 0 fully saturated rings. The van der Waals surface area contributed by atoms with E-state index in [1.54, 1.807) is 14.0 Å². The van der Waals surface area contributed by atoms with Crippen LogP contribution in [-0.4, -0.2) is 21.6 Å². The standard InChI is InChI=1S/C17H18N2O2/c1-11-5-4-6-15-18-16(17(12(2)20)19(11)15)13-7-9-14(21-3)10-8-13/h4-10,12,20H,1-3H3. The van der Waals surface area contributed by atoms with Gasteiger partial charge in [-0.1, -0.05) is 6.07 Å². The van der Waals surface area contributed by atoms with Crippen molar-refractivity contribution in [3.63, 3.8) is 0 Å². The van der Waals surface area contributed by atoms with Crippen molar-refractivity contribution in [1.29, 1.82) is 0 Å². The summed E-state index contributed by atoms with van der Waals surface area (Å²) < 4.78 is 7.19. The van der Waals surface area contributed by atoms with Gasteiger partial charge in [-0.3, -0.25) is 4.40 Å². The summed E-state index contributed by atoms with van der Waals surface area (Å²) in [6.45, 7) is 3.78. The van der Waals surface area contributed by atoms with Gasteiger partial charge in [-0.2, -0.15) is 0 Å². The van der Waals surface area contributed by atoms with Gasteiger partial charge in [0.2, 0.25) is 0 Å². The third-order valence-corrected chi connectivity index (χ3v) is 3.63. The van der Waals surface area contributed by atoms with Gasteiger partial charge in [0.15, 0.2) is 0 Å². The molecule has 3 aromatic rings. The molecule has 0 saturated heterocycles. The highest BCUT2D eigenvalue weighted by molar-refractivity contribution is 5.68. The average Bonchev–Trinajstić information content (AvgIpc) is 2.88. The molecule has 2 heterocycles. The van der Waals surface area contributed by atoms with Crippen LogP contribution >= 0.6 is 0 Å². The normalized spacial score (nSPS) is 12.6. The van der Waals surface area contributed by atoms with Gasteiger partial charge >= 0.3 is 0 Å². The first-order chi connectivity index (χ1) is 10.1. The van der Waals surface area contributed by atoms with Crippen molar-refractivity contribution < 1.29 is 9.84 Å². The van der Waals surface area contributed by atoms with Gasteiger partial charge in [0, 0.05) is 11.3 Å². The van der Waals surface area contributed by atoms with Crippen LogP contribution in [0, 0.1) is 6.92 Å². The van der Waals surface area contributed by atoms with Gasteiger partial charge in [0.05, 0.1) is 24.6 Å². The van der Waals surface area contributed by atoms with Crippen LogP contribution in [0.2, 0.25) is 0 Å². The summed E-state index contributed by atoms with van der Waals surface area (Å²) >= 11 is 0. The zero-order chi connectivity index (χ0) is 15.0. The highest BCUT2D eigenvalue weighted by Crippen LogP contribution is 2.30. The molecule has 1 aromatic carbocycles. The Balaban J connectivity index is 2.26. The molecule has 0 radical (unpaired) electrons. The van der Waals surface area contributed by atoms with Crippen molar-refractivity contribution in [2.75, 3.05) is 7.11 Å². The second-order valence-electron chi connectivity index (χ2n) is 5.11. The Bertz CT molecular complexity index is 773. The minimum atomic E-state index is -0.599. The van der Waals surface area contributed by atoms with E-state index in [1.807, 2.05) is 53.8 Å². The van der Waals surface area contributed by atoms with Crippen LogP contribution in [0.15, 0.2) is 42.5 Å². The van der Waals surface area contributed by atoms with Crippen molar-refractivity contribution in [2.24, 2.45) is 0 Å². The Hall–Kier alpha value is -2.33. The van der Waals surface area contributed by atoms with Crippen molar-refractivity contribution >= 4 is 5.65 Å². The summed E-state index contributed by atoms with van der Waals surface area (Å²) in [5, 5.41) is 10.2. The van der Waals surface area contributed by atoms with Gasteiger partial charge in [-0.15, -0.1) is 0 Å². The molecule has 0 aliphatic heterocycles. The molecule has 0 aliphatic rings. The molecule has 0 amide bonds. The van der Waals surface area contributed by atoms with Crippen molar-refractivity contribution in [1.82, 2.24) is 9.38 Å². The van der Waals surface area contributed by atoms with Crippen LogP contribution in [-0.2, 0) is 0 Å². The van der Waals surface area contributed by atoms with E-state index in [-0.39, 0.29) is 0 Å². The first-order valence-corrected chi connectivity index (χ1v) is 6.92. The second kappa shape index (κ2) is 5.22. The number of ether oxygens (including phenoxy) is 1. The predicted molar refractivity (Wildman–Crippen MR) is 82.6 cm³/mol. The number of imidazole rings is 1. The summed E-state index contributed by atoms with van der Waals surface area (Å²) in [4.78, 5) is 4.68. The maximum absolute atomic E-state index is 10.2. The second-order valence-corrected chi connectivity index (χ2v) is 5.11. The van der Waals surface area contributed by atoms with Crippen molar-refractivity contribution in [3.8, 4) is 17.0 Å². The molecule has 3 rings (SSSR count). The molecule has 1 unspecified atom stereocenters. The Kier molecular flexibility index (Phi) is 3.39. The Morgan fingerprint density at radius 2 is 1.86 bits per heavy atom. The molecule has 0 saturated carbocycles. The number of aliphatic hydroxyl groups excluding tert-OH is 1. The molecular weight excluding hydrogens is 264 g/mol. The molecule has 4 heteroatoms. The fourth-order valence-electron chi connectivity index (χ4n) is 2.63. The number of benzene rings is 1. The molecule has 21 heavy (non-hydrogen) atoms. The third kappa shape index (κ3) is 2.28. The zero-order valence-electron chi connectivity index (χ0n) is 12.4. The number of aromatic nitrogens is 2. The van der Waals surface area contributed by atoms with Crippen LogP contribution in [0.25, 0.3) is 16.9 Å². The quantitative estimate of drug-likeness (QED) is 0.801. The molecular formula is C17H18N2O2. The smallest absolute Gasteiger partial charge is 0.137 e. The summed E-state index contributed by atoms with van der Waals surface area (Å²) in [7, 11) is 1.64. The number of fused-ring (bicyclic) bond motifs is 1. The fourth-order valence-corrected chi connectivity index (χ4v) is 2.63. The molecule has 0 spiro atoms. The minimum Gasteiger partial charge on any atom is -0.497 e. The van der Waals surface area contributed by atoms with Crippen LogP contribution in [0.4, 0.5) is 0 Å². The van der Waals surface area contributed by atoms with Crippen LogP contribution in [0.3, 0.4) is 0 Å². The maximum atomic E-state index is 10.2. The molecule has 2 aromatic heterocycles. The maximum Gasteiger partial charge on any atom is 0.137 e. The lowest BCUT2D eigenvalue weighted by molar-refractivity contribution is 0.194. The van der Waals surface area contributed by atoms with Gasteiger partial charge in [0.25, 0.3) is 0 Å². The Morgan fingerprint density at radius 3 is 2.48 bits per heavy atom. The van der Waals surface area contributed by atoms with E-state index < -0.39 is 6.10 Å². The molecule has 1 N–H and O–H groups in total. The topological polar surface area (TPSA) is 46.8 Å². The average molecular weight is 282 g/mol. The lowest BCUT2D eigenvalue weighted by Gasteiger charge is -2.10. The Morgan fingerprint density at radius 1 is 1.14 bits per heavy atom. The minimum absolute atomic E-state index is 0.599. The van der Waals surface area contributed by atoms with E-state index in [2.05, 4.69) is 4.98 Å². The number of rotatable bonds is 3. The van der Waals surface area contributed by atoms with E-state index in [4.69, 9.17) is 4.74 Å². The molecule has 108 valence electrons. The zero-order valence-corrected chi connectivity index (χ0v) is 12.4. The molecule has 0 aliphatic carbocycles. The van der Waals surface area contributed by atoms with Crippen molar-refractivity contribution in [2.45, 2.75) is 20.0 Å². The van der Waals surface area contributed by atoms with Gasteiger partial charge in [-0.05, 0) is 50.2 Å². The van der Waals surface area contributed by atoms with Crippen LogP contribution in [0.5, 0.6) is 5.75 Å². The van der Waals surface area contributed by atoms with E-state index in [0.29, 0.717) is 0 Å². The molecule has 4 nitrogen and oxygen atoms in total. The predicted octanol–water partition coefficient (Wildman–Crippen LogP) is 3.37. The number of hydrogen-bond donors (Lipinski definition) is 1. The highest BCUT2D eigenvalue weighted by atomic mass is 16.5. The number of pyridine rings is 1. The monoisotopic (exact) mass is 282 g/mol.